The molecule has 3 rings (SSSR count). The number of carbonyl (C=O) groups excluding carboxylic acids is 1. The second-order valence-electron chi connectivity index (χ2n) is 5.74. The number of rotatable bonds is 4. The molecule has 0 aliphatic rings. The molecule has 7 heteroatoms. The van der Waals surface area contributed by atoms with Crippen molar-refractivity contribution in [2.75, 3.05) is 13.2 Å². The number of alkyl halides is 3. The van der Waals surface area contributed by atoms with E-state index in [9.17, 15) is 18.0 Å². The molecule has 0 spiro atoms. The van der Waals surface area contributed by atoms with Crippen molar-refractivity contribution in [1.29, 1.82) is 0 Å². The van der Waals surface area contributed by atoms with Crippen molar-refractivity contribution in [2.45, 2.75) is 6.18 Å². The van der Waals surface area contributed by atoms with Gasteiger partial charge in [0.15, 0.2) is 0 Å². The predicted molar refractivity (Wildman–Crippen MR) is 98.8 cm³/mol. The second-order valence-corrected chi connectivity index (χ2v) is 5.74. The lowest BCUT2D eigenvalue weighted by Crippen LogP contribution is -2.24. The Bertz CT molecular complexity index is 1050. The Balaban J connectivity index is 1.49. The zero-order chi connectivity index (χ0) is 20.0. The van der Waals surface area contributed by atoms with Gasteiger partial charge in [-0.05, 0) is 30.3 Å². The fourth-order valence-corrected chi connectivity index (χ4v) is 2.40. The number of halogens is 3. The topological polar surface area (TPSA) is 51.2 Å². The minimum Gasteiger partial charge on any atom is -0.481 e. The first kappa shape index (κ1) is 19.2. The highest BCUT2D eigenvalue weighted by Gasteiger charge is 2.30. The highest BCUT2D eigenvalue weighted by Crippen LogP contribution is 2.31. The van der Waals surface area contributed by atoms with Gasteiger partial charge in [-0.2, -0.15) is 13.2 Å². The first-order valence-corrected chi connectivity index (χ1v) is 8.33. The SMILES string of the molecule is O=C(NCC#CCOc1cccc(C(F)(F)F)c1)c1ccc2ccccc2n1. The van der Waals surface area contributed by atoms with Crippen molar-refractivity contribution in [3.05, 3.63) is 71.9 Å². The molecule has 0 bridgehead atoms. The van der Waals surface area contributed by atoms with Gasteiger partial charge in [0.05, 0.1) is 17.6 Å². The van der Waals surface area contributed by atoms with E-state index in [2.05, 4.69) is 22.1 Å². The Morgan fingerprint density at radius 3 is 2.68 bits per heavy atom. The Labute approximate surface area is 159 Å². The van der Waals surface area contributed by atoms with E-state index < -0.39 is 11.7 Å². The summed E-state index contributed by atoms with van der Waals surface area (Å²) in [6.45, 7) is -0.0231. The molecule has 1 N–H and O–H groups in total. The molecule has 4 nitrogen and oxygen atoms in total. The van der Waals surface area contributed by atoms with Crippen LogP contribution in [0, 0.1) is 11.8 Å². The summed E-state index contributed by atoms with van der Waals surface area (Å²) in [5.41, 5.74) is 0.213. The number of hydrogen-bond acceptors (Lipinski definition) is 3. The molecule has 3 aromatic rings. The van der Waals surface area contributed by atoms with E-state index in [1.807, 2.05) is 30.3 Å². The van der Waals surface area contributed by atoms with Gasteiger partial charge >= 0.3 is 6.18 Å². The molecule has 0 saturated heterocycles. The van der Waals surface area contributed by atoms with Crippen LogP contribution in [0.4, 0.5) is 13.2 Å². The number of hydrogen-bond donors (Lipinski definition) is 1. The summed E-state index contributed by atoms with van der Waals surface area (Å²) in [6, 6.07) is 15.5. The lowest BCUT2D eigenvalue weighted by molar-refractivity contribution is -0.137. The number of amides is 1. The van der Waals surface area contributed by atoms with Crippen LogP contribution in [0.25, 0.3) is 10.9 Å². The van der Waals surface area contributed by atoms with E-state index in [1.165, 1.54) is 12.1 Å². The van der Waals surface area contributed by atoms with Gasteiger partial charge in [-0.25, -0.2) is 4.98 Å². The first-order chi connectivity index (χ1) is 13.4. The Morgan fingerprint density at radius 1 is 1.04 bits per heavy atom. The lowest BCUT2D eigenvalue weighted by atomic mass is 10.2. The van der Waals surface area contributed by atoms with Crippen molar-refractivity contribution in [2.24, 2.45) is 0 Å². The maximum atomic E-state index is 12.6. The van der Waals surface area contributed by atoms with Gasteiger partial charge in [-0.3, -0.25) is 4.79 Å². The number of carbonyl (C=O) groups is 1. The monoisotopic (exact) mass is 384 g/mol. The lowest BCUT2D eigenvalue weighted by Gasteiger charge is -2.08. The van der Waals surface area contributed by atoms with Crippen LogP contribution < -0.4 is 10.1 Å². The van der Waals surface area contributed by atoms with E-state index in [0.717, 1.165) is 23.0 Å². The van der Waals surface area contributed by atoms with Gasteiger partial charge in [0, 0.05) is 5.39 Å². The summed E-state index contributed by atoms with van der Waals surface area (Å²) in [7, 11) is 0. The second kappa shape index (κ2) is 8.44. The Morgan fingerprint density at radius 2 is 1.86 bits per heavy atom. The standard InChI is InChI=1S/C21H15F3N2O2/c22-21(23,24)16-7-5-8-17(14-16)28-13-4-3-12-25-20(27)19-11-10-15-6-1-2-9-18(15)26-19/h1-2,5-11,14H,12-13H2,(H,25,27). The molecule has 0 unspecified atom stereocenters. The van der Waals surface area contributed by atoms with Crippen molar-refractivity contribution >= 4 is 16.8 Å². The fraction of sp³-hybridized carbons (Fsp3) is 0.143. The molecule has 1 heterocycles. The van der Waals surface area contributed by atoms with Crippen LogP contribution in [0.2, 0.25) is 0 Å². The van der Waals surface area contributed by atoms with Crippen LogP contribution >= 0.6 is 0 Å². The maximum absolute atomic E-state index is 12.6. The third kappa shape index (κ3) is 5.01. The van der Waals surface area contributed by atoms with Crippen LogP contribution in [-0.2, 0) is 6.18 Å². The quantitative estimate of drug-likeness (QED) is 0.690. The normalized spacial score (nSPS) is 10.8. The summed E-state index contributed by atoms with van der Waals surface area (Å²) < 4.78 is 43.1. The molecule has 0 radical (unpaired) electrons. The zero-order valence-electron chi connectivity index (χ0n) is 14.6. The van der Waals surface area contributed by atoms with Gasteiger partial charge in [-0.1, -0.05) is 42.2 Å². The molecular formula is C21H15F3N2O2. The Kier molecular flexibility index (Phi) is 5.80. The number of nitrogens with zero attached hydrogens (tertiary/aromatic N) is 1. The van der Waals surface area contributed by atoms with Gasteiger partial charge in [-0.15, -0.1) is 0 Å². The van der Waals surface area contributed by atoms with Crippen molar-refractivity contribution in [1.82, 2.24) is 10.3 Å². The fourth-order valence-electron chi connectivity index (χ4n) is 2.40. The van der Waals surface area contributed by atoms with E-state index in [-0.39, 0.29) is 30.5 Å². The molecule has 0 fully saturated rings. The minimum atomic E-state index is -4.42. The largest absolute Gasteiger partial charge is 0.481 e. The molecule has 2 aromatic carbocycles. The molecule has 1 amide bonds. The maximum Gasteiger partial charge on any atom is 0.416 e. The number of fused-ring (bicyclic) bond motifs is 1. The summed E-state index contributed by atoms with van der Waals surface area (Å²) >= 11 is 0. The number of aromatic nitrogens is 1. The minimum absolute atomic E-state index is 0.0687. The number of nitrogens with one attached hydrogen (secondary N) is 1. The molecular weight excluding hydrogens is 369 g/mol. The molecule has 0 atom stereocenters. The summed E-state index contributed by atoms with van der Waals surface area (Å²) in [4.78, 5) is 16.4. The Hall–Kier alpha value is -3.53. The van der Waals surface area contributed by atoms with Crippen molar-refractivity contribution < 1.29 is 22.7 Å². The average molecular weight is 384 g/mol. The van der Waals surface area contributed by atoms with Gasteiger partial charge in [0.2, 0.25) is 0 Å². The smallest absolute Gasteiger partial charge is 0.416 e. The molecule has 142 valence electrons. The van der Waals surface area contributed by atoms with Crippen molar-refractivity contribution in [3.8, 4) is 17.6 Å². The number of pyridine rings is 1. The highest BCUT2D eigenvalue weighted by molar-refractivity contribution is 5.94. The molecule has 0 aliphatic carbocycles. The molecule has 0 saturated carbocycles. The summed E-state index contributed by atoms with van der Waals surface area (Å²) in [6.07, 6.45) is -4.42. The number of para-hydroxylation sites is 1. The van der Waals surface area contributed by atoms with E-state index in [1.54, 1.807) is 6.07 Å². The zero-order valence-corrected chi connectivity index (χ0v) is 14.6. The van der Waals surface area contributed by atoms with Crippen LogP contribution in [-0.4, -0.2) is 24.0 Å². The molecule has 0 aliphatic heterocycles. The molecule has 1 aromatic heterocycles. The van der Waals surface area contributed by atoms with Gasteiger partial charge in [0.1, 0.15) is 18.1 Å². The number of ether oxygens (including phenoxy) is 1. The summed E-state index contributed by atoms with van der Waals surface area (Å²) in [5, 5.41) is 3.55. The van der Waals surface area contributed by atoms with Crippen LogP contribution in [0.15, 0.2) is 60.7 Å². The molecule has 28 heavy (non-hydrogen) atoms. The first-order valence-electron chi connectivity index (χ1n) is 8.33. The van der Waals surface area contributed by atoms with Crippen LogP contribution in [0.1, 0.15) is 16.1 Å². The van der Waals surface area contributed by atoms with Gasteiger partial charge in [0.25, 0.3) is 5.91 Å². The highest BCUT2D eigenvalue weighted by atomic mass is 19.4. The van der Waals surface area contributed by atoms with Crippen LogP contribution in [0.5, 0.6) is 5.75 Å². The predicted octanol–water partition coefficient (Wildman–Crippen LogP) is 4.07. The average Bonchev–Trinajstić information content (AvgIpc) is 2.69. The summed E-state index contributed by atoms with van der Waals surface area (Å²) in [5.74, 6) is 5.04. The van der Waals surface area contributed by atoms with E-state index in [4.69, 9.17) is 4.74 Å². The third-order valence-electron chi connectivity index (χ3n) is 3.77. The number of benzene rings is 2. The van der Waals surface area contributed by atoms with E-state index >= 15 is 0 Å². The van der Waals surface area contributed by atoms with Crippen molar-refractivity contribution in [3.63, 3.8) is 0 Å². The van der Waals surface area contributed by atoms with E-state index in [0.29, 0.717) is 0 Å². The van der Waals surface area contributed by atoms with Gasteiger partial charge < -0.3 is 10.1 Å². The van der Waals surface area contributed by atoms with Crippen LogP contribution in [0.3, 0.4) is 0 Å². The third-order valence-corrected chi connectivity index (χ3v) is 3.77.